The molecule has 0 radical (unpaired) electrons. The summed E-state index contributed by atoms with van der Waals surface area (Å²) in [6, 6.07) is 9.61. The average Bonchev–Trinajstić information content (AvgIpc) is 2.73. The molecular weight excluding hydrogens is 451 g/mol. The van der Waals surface area contributed by atoms with E-state index in [9.17, 15) is 9.59 Å². The van der Waals surface area contributed by atoms with Gasteiger partial charge in [-0.05, 0) is 38.3 Å². The molecule has 0 unspecified atom stereocenters. The van der Waals surface area contributed by atoms with Gasteiger partial charge < -0.3 is 15.0 Å². The van der Waals surface area contributed by atoms with Crippen LogP contribution in [0.15, 0.2) is 36.5 Å². The molecule has 1 N–H and O–H groups in total. The molecule has 1 aromatic carbocycles. The van der Waals surface area contributed by atoms with Crippen molar-refractivity contribution >= 4 is 47.5 Å². The summed E-state index contributed by atoms with van der Waals surface area (Å²) in [5.41, 5.74) is 2.40. The van der Waals surface area contributed by atoms with Crippen molar-refractivity contribution in [3.05, 3.63) is 52.7 Å². The number of nitrogens with one attached hydrogen (secondary N) is 1. The van der Waals surface area contributed by atoms with Crippen LogP contribution in [0.25, 0.3) is 0 Å². The molecule has 32 heavy (non-hydrogen) atoms. The molecule has 4 rings (SSSR count). The number of fused-ring (bicyclic) bond motifs is 1. The Morgan fingerprint density at radius 1 is 1.31 bits per heavy atom. The van der Waals surface area contributed by atoms with Crippen LogP contribution in [-0.4, -0.2) is 42.2 Å². The van der Waals surface area contributed by atoms with Crippen molar-refractivity contribution in [3.63, 3.8) is 0 Å². The summed E-state index contributed by atoms with van der Waals surface area (Å²) in [7, 11) is 0. The van der Waals surface area contributed by atoms with Crippen LogP contribution in [0.4, 0.5) is 16.3 Å². The van der Waals surface area contributed by atoms with E-state index in [0.717, 1.165) is 17.7 Å². The SMILES string of the molecule is CC(C)NC(=O)c1cnc(N2CC[C@H](N3C(=O)OCc4ccccc43)[C@@H](C)C2)c(Cl)c1.Cl. The zero-order valence-electron chi connectivity index (χ0n) is 18.4. The number of aromatic nitrogens is 1. The lowest BCUT2D eigenvalue weighted by molar-refractivity contribution is 0.0942. The molecule has 2 aromatic rings. The number of cyclic esters (lactones) is 1. The average molecular weight is 479 g/mol. The topological polar surface area (TPSA) is 74.8 Å². The van der Waals surface area contributed by atoms with Crippen LogP contribution in [0.1, 0.15) is 43.1 Å². The van der Waals surface area contributed by atoms with E-state index < -0.39 is 0 Å². The molecule has 9 heteroatoms. The fourth-order valence-corrected chi connectivity index (χ4v) is 4.62. The summed E-state index contributed by atoms with van der Waals surface area (Å²) in [5.74, 6) is 0.647. The molecule has 1 aromatic heterocycles. The van der Waals surface area contributed by atoms with Gasteiger partial charge in [0.2, 0.25) is 0 Å². The number of pyridine rings is 1. The first-order chi connectivity index (χ1) is 14.8. The lowest BCUT2D eigenvalue weighted by Gasteiger charge is -2.44. The predicted molar refractivity (Wildman–Crippen MR) is 128 cm³/mol. The normalized spacial score (nSPS) is 20.3. The second-order valence-electron chi connectivity index (χ2n) is 8.49. The Morgan fingerprint density at radius 3 is 2.75 bits per heavy atom. The molecule has 2 amide bonds. The van der Waals surface area contributed by atoms with Crippen LogP contribution in [0.3, 0.4) is 0 Å². The third-order valence-electron chi connectivity index (χ3n) is 5.79. The van der Waals surface area contributed by atoms with Crippen molar-refractivity contribution in [2.75, 3.05) is 22.9 Å². The number of carbonyl (C=O) groups excluding carboxylic acids is 2. The van der Waals surface area contributed by atoms with E-state index in [1.54, 1.807) is 17.2 Å². The summed E-state index contributed by atoms with van der Waals surface area (Å²) < 4.78 is 5.41. The van der Waals surface area contributed by atoms with Crippen LogP contribution in [0.2, 0.25) is 5.02 Å². The molecule has 0 bridgehead atoms. The van der Waals surface area contributed by atoms with Crippen LogP contribution in [0, 0.1) is 5.92 Å². The van der Waals surface area contributed by atoms with Gasteiger partial charge in [-0.25, -0.2) is 9.78 Å². The number of anilines is 2. The Kier molecular flexibility index (Phi) is 7.51. The van der Waals surface area contributed by atoms with Gasteiger partial charge in [-0.2, -0.15) is 0 Å². The summed E-state index contributed by atoms with van der Waals surface area (Å²) in [4.78, 5) is 33.2. The van der Waals surface area contributed by atoms with E-state index in [0.29, 0.717) is 36.1 Å². The van der Waals surface area contributed by atoms with Gasteiger partial charge in [0.25, 0.3) is 5.91 Å². The molecule has 1 saturated heterocycles. The Bertz CT molecular complexity index is 1000. The van der Waals surface area contributed by atoms with Gasteiger partial charge in [0.1, 0.15) is 12.4 Å². The lowest BCUT2D eigenvalue weighted by atomic mass is 9.91. The molecule has 0 aliphatic carbocycles. The first kappa shape index (κ1) is 24.1. The highest BCUT2D eigenvalue weighted by Crippen LogP contribution is 2.35. The third kappa shape index (κ3) is 4.79. The molecule has 2 atom stereocenters. The van der Waals surface area contributed by atoms with Gasteiger partial charge in [0, 0.05) is 36.9 Å². The van der Waals surface area contributed by atoms with Crippen LogP contribution >= 0.6 is 24.0 Å². The summed E-state index contributed by atoms with van der Waals surface area (Å²) in [6.45, 7) is 7.65. The number of carbonyl (C=O) groups is 2. The van der Waals surface area contributed by atoms with Gasteiger partial charge in [0.05, 0.1) is 16.3 Å². The first-order valence-electron chi connectivity index (χ1n) is 10.6. The van der Waals surface area contributed by atoms with Crippen molar-refractivity contribution in [2.24, 2.45) is 5.92 Å². The number of benzene rings is 1. The molecule has 3 heterocycles. The van der Waals surface area contributed by atoms with E-state index in [4.69, 9.17) is 16.3 Å². The maximum Gasteiger partial charge on any atom is 0.414 e. The van der Waals surface area contributed by atoms with Gasteiger partial charge >= 0.3 is 6.09 Å². The minimum absolute atomic E-state index is 0. The molecule has 7 nitrogen and oxygen atoms in total. The molecule has 0 spiro atoms. The lowest BCUT2D eigenvalue weighted by Crippen LogP contribution is -2.54. The monoisotopic (exact) mass is 478 g/mol. The summed E-state index contributed by atoms with van der Waals surface area (Å²) >= 11 is 6.50. The highest BCUT2D eigenvalue weighted by molar-refractivity contribution is 6.33. The van der Waals surface area contributed by atoms with E-state index in [2.05, 4.69) is 22.1 Å². The number of halogens is 2. The van der Waals surface area contributed by atoms with E-state index >= 15 is 0 Å². The minimum Gasteiger partial charge on any atom is -0.444 e. The standard InChI is InChI=1S/C23H27ClN4O3.ClH/c1-14(2)26-22(29)17-10-18(24)21(25-11-17)27-9-8-19(15(3)12-27)28-20-7-5-4-6-16(20)13-31-23(28)30;/h4-7,10-11,14-15,19H,8-9,12-13H2,1-3H3,(H,26,29);1H/t15-,19-;/m0./s1. The number of nitrogens with zero attached hydrogens (tertiary/aromatic N) is 3. The van der Waals surface area contributed by atoms with E-state index in [1.807, 2.05) is 38.1 Å². The predicted octanol–water partition coefficient (Wildman–Crippen LogP) is 4.67. The second kappa shape index (κ2) is 9.96. The zero-order chi connectivity index (χ0) is 22.1. The molecule has 2 aliphatic heterocycles. The number of ether oxygens (including phenoxy) is 1. The van der Waals surface area contributed by atoms with Crippen molar-refractivity contribution in [3.8, 4) is 0 Å². The van der Waals surface area contributed by atoms with E-state index in [-0.39, 0.29) is 42.4 Å². The summed E-state index contributed by atoms with van der Waals surface area (Å²) in [6.07, 6.45) is 2.03. The number of piperidine rings is 1. The number of amides is 2. The van der Waals surface area contributed by atoms with Crippen LogP contribution in [0.5, 0.6) is 0 Å². The van der Waals surface area contributed by atoms with Gasteiger partial charge in [0.15, 0.2) is 0 Å². The summed E-state index contributed by atoms with van der Waals surface area (Å²) in [5, 5.41) is 3.30. The quantitative estimate of drug-likeness (QED) is 0.690. The Hall–Kier alpha value is -2.51. The third-order valence-corrected chi connectivity index (χ3v) is 6.07. The highest BCUT2D eigenvalue weighted by atomic mass is 35.5. The van der Waals surface area contributed by atoms with Gasteiger partial charge in [-0.3, -0.25) is 9.69 Å². The number of rotatable bonds is 4. The van der Waals surface area contributed by atoms with Crippen molar-refractivity contribution in [1.29, 1.82) is 0 Å². The maximum atomic E-state index is 12.6. The van der Waals surface area contributed by atoms with Crippen molar-refractivity contribution in [1.82, 2.24) is 10.3 Å². The Balaban J connectivity index is 0.00000289. The molecular formula is C23H28Cl2N4O3. The number of hydrogen-bond acceptors (Lipinski definition) is 5. The van der Waals surface area contributed by atoms with Crippen molar-refractivity contribution in [2.45, 2.75) is 45.9 Å². The second-order valence-corrected chi connectivity index (χ2v) is 8.90. The fourth-order valence-electron chi connectivity index (χ4n) is 4.33. The Labute approximate surface area is 199 Å². The highest BCUT2D eigenvalue weighted by Gasteiger charge is 2.38. The largest absolute Gasteiger partial charge is 0.444 e. The van der Waals surface area contributed by atoms with Gasteiger partial charge in [-0.1, -0.05) is 36.7 Å². The molecule has 172 valence electrons. The van der Waals surface area contributed by atoms with Crippen molar-refractivity contribution < 1.29 is 14.3 Å². The number of hydrogen-bond donors (Lipinski definition) is 1. The molecule has 0 saturated carbocycles. The fraction of sp³-hybridized carbons (Fsp3) is 0.435. The number of para-hydroxylation sites is 1. The minimum atomic E-state index is -0.291. The Morgan fingerprint density at radius 2 is 2.06 bits per heavy atom. The van der Waals surface area contributed by atoms with Crippen LogP contribution < -0.4 is 15.1 Å². The smallest absolute Gasteiger partial charge is 0.414 e. The van der Waals surface area contributed by atoms with Crippen LogP contribution in [-0.2, 0) is 11.3 Å². The van der Waals surface area contributed by atoms with Gasteiger partial charge in [-0.15, -0.1) is 12.4 Å². The van der Waals surface area contributed by atoms with E-state index in [1.165, 1.54) is 0 Å². The molecule has 1 fully saturated rings. The molecule has 2 aliphatic rings. The zero-order valence-corrected chi connectivity index (χ0v) is 19.9. The maximum absolute atomic E-state index is 12.6. The first-order valence-corrected chi connectivity index (χ1v) is 11.0.